The number of rotatable bonds is 5. The minimum Gasteiger partial charge on any atom is -0.489 e. The first-order valence-electron chi connectivity index (χ1n) is 11.1. The number of ether oxygens (including phenoxy) is 1. The van der Waals surface area contributed by atoms with Crippen molar-refractivity contribution in [3.8, 4) is 5.75 Å². The van der Waals surface area contributed by atoms with E-state index in [2.05, 4.69) is 10.1 Å². The lowest BCUT2D eigenvalue weighted by Gasteiger charge is -2.20. The standard InChI is InChI=1S/C25H22Cl2N4O2S/c26-18-10-9-17(21(27)13-18)14-33-19-8-4-5-15(11-19)12-20-22(28)31-25(29-23(20)32)34-24(30-31)16-6-2-1-3-7-16/h4-5,8-13,16,28H,1-3,6-7,14H2/b20-12-,28-22?. The van der Waals surface area contributed by atoms with Gasteiger partial charge in [0.1, 0.15) is 17.4 Å². The number of carbonyl (C=O) groups excluding carboxylic acids is 1. The molecule has 0 aromatic heterocycles. The molecular weight excluding hydrogens is 491 g/mol. The molecule has 2 aromatic carbocycles. The Bertz CT molecular complexity index is 1250. The molecule has 174 valence electrons. The monoisotopic (exact) mass is 512 g/mol. The van der Waals surface area contributed by atoms with Gasteiger partial charge in [0, 0.05) is 21.5 Å². The average molecular weight is 513 g/mol. The number of amidine groups is 2. The minimum atomic E-state index is -0.428. The normalized spacial score (nSPS) is 19.8. The van der Waals surface area contributed by atoms with Crippen molar-refractivity contribution in [1.82, 2.24) is 5.01 Å². The Morgan fingerprint density at radius 3 is 2.76 bits per heavy atom. The van der Waals surface area contributed by atoms with E-state index in [9.17, 15) is 4.79 Å². The Morgan fingerprint density at radius 1 is 1.15 bits per heavy atom. The van der Waals surface area contributed by atoms with Gasteiger partial charge in [0.2, 0.25) is 5.17 Å². The summed E-state index contributed by atoms with van der Waals surface area (Å²) in [6.45, 7) is 0.280. The number of nitrogens with zero attached hydrogens (tertiary/aromatic N) is 3. The topological polar surface area (TPSA) is 78.1 Å². The largest absolute Gasteiger partial charge is 0.489 e. The van der Waals surface area contributed by atoms with Crippen LogP contribution in [0.25, 0.3) is 6.08 Å². The van der Waals surface area contributed by atoms with Crippen molar-refractivity contribution >= 4 is 63.0 Å². The molecule has 0 bridgehead atoms. The van der Waals surface area contributed by atoms with E-state index in [0.717, 1.165) is 29.0 Å². The van der Waals surface area contributed by atoms with Crippen molar-refractivity contribution < 1.29 is 9.53 Å². The van der Waals surface area contributed by atoms with Crippen LogP contribution in [0, 0.1) is 11.3 Å². The molecule has 34 heavy (non-hydrogen) atoms. The molecule has 1 N–H and O–H groups in total. The molecule has 2 aromatic rings. The number of fused-ring (bicyclic) bond motifs is 1. The SMILES string of the molecule is N=C1/C(=C/c2cccc(OCc3ccc(Cl)cc3Cl)c2)C(=O)N=C2SC(C3CCCCC3)=NN12. The van der Waals surface area contributed by atoms with Crippen LogP contribution in [0.3, 0.4) is 0 Å². The molecule has 0 spiro atoms. The van der Waals surface area contributed by atoms with Crippen LogP contribution in [0.1, 0.15) is 43.2 Å². The zero-order valence-electron chi connectivity index (χ0n) is 18.3. The third-order valence-electron chi connectivity index (χ3n) is 6.00. The van der Waals surface area contributed by atoms with Gasteiger partial charge in [-0.1, -0.05) is 60.7 Å². The molecule has 0 radical (unpaired) electrons. The minimum absolute atomic E-state index is 0.0487. The van der Waals surface area contributed by atoms with Gasteiger partial charge in [-0.05, 0) is 60.5 Å². The molecule has 1 amide bonds. The predicted molar refractivity (Wildman–Crippen MR) is 139 cm³/mol. The van der Waals surface area contributed by atoms with E-state index in [4.69, 9.17) is 33.3 Å². The van der Waals surface area contributed by atoms with Crippen molar-refractivity contribution in [2.75, 3.05) is 0 Å². The highest BCUT2D eigenvalue weighted by Crippen LogP contribution is 2.36. The average Bonchev–Trinajstić information content (AvgIpc) is 3.26. The van der Waals surface area contributed by atoms with Gasteiger partial charge in [-0.3, -0.25) is 10.2 Å². The Morgan fingerprint density at radius 2 is 1.97 bits per heavy atom. The highest BCUT2D eigenvalue weighted by molar-refractivity contribution is 8.27. The smallest absolute Gasteiger partial charge is 0.283 e. The van der Waals surface area contributed by atoms with Gasteiger partial charge in [-0.25, -0.2) is 0 Å². The highest BCUT2D eigenvalue weighted by atomic mass is 35.5. The van der Waals surface area contributed by atoms with Crippen LogP contribution in [-0.2, 0) is 11.4 Å². The molecule has 1 aliphatic carbocycles. The number of halogens is 2. The number of hydrogen-bond donors (Lipinski definition) is 1. The number of benzene rings is 2. The van der Waals surface area contributed by atoms with E-state index in [1.54, 1.807) is 18.2 Å². The van der Waals surface area contributed by atoms with Crippen LogP contribution in [0.15, 0.2) is 58.1 Å². The fourth-order valence-electron chi connectivity index (χ4n) is 4.18. The number of hydrogen-bond acceptors (Lipinski definition) is 5. The second-order valence-electron chi connectivity index (χ2n) is 8.39. The van der Waals surface area contributed by atoms with Crippen LogP contribution < -0.4 is 4.74 Å². The Labute approximate surface area is 212 Å². The van der Waals surface area contributed by atoms with Crippen LogP contribution in [0.4, 0.5) is 0 Å². The lowest BCUT2D eigenvalue weighted by molar-refractivity contribution is -0.114. The Balaban J connectivity index is 1.33. The summed E-state index contributed by atoms with van der Waals surface area (Å²) < 4.78 is 5.89. The molecule has 2 heterocycles. The van der Waals surface area contributed by atoms with Gasteiger partial charge < -0.3 is 4.74 Å². The number of hydrazone groups is 1. The molecule has 3 aliphatic rings. The number of thioether (sulfide) groups is 1. The molecule has 2 aliphatic heterocycles. The fraction of sp³-hybridized carbons (Fsp3) is 0.280. The number of carbonyl (C=O) groups is 1. The molecule has 1 saturated carbocycles. The molecule has 0 unspecified atom stereocenters. The van der Waals surface area contributed by atoms with Crippen molar-refractivity contribution in [1.29, 1.82) is 5.41 Å². The van der Waals surface area contributed by atoms with E-state index < -0.39 is 5.91 Å². The molecule has 9 heteroatoms. The van der Waals surface area contributed by atoms with E-state index in [1.165, 1.54) is 36.0 Å². The summed E-state index contributed by atoms with van der Waals surface area (Å²) >= 11 is 13.6. The van der Waals surface area contributed by atoms with Crippen LogP contribution in [0.2, 0.25) is 10.0 Å². The Kier molecular flexibility index (Phi) is 6.77. The number of nitrogens with one attached hydrogen (secondary N) is 1. The summed E-state index contributed by atoms with van der Waals surface area (Å²) in [6.07, 6.45) is 7.51. The fourth-order valence-corrected chi connectivity index (χ4v) is 5.70. The Hall–Kier alpha value is -2.61. The van der Waals surface area contributed by atoms with Crippen molar-refractivity contribution in [3.05, 3.63) is 69.2 Å². The van der Waals surface area contributed by atoms with Crippen molar-refractivity contribution in [2.45, 2.75) is 38.7 Å². The second-order valence-corrected chi connectivity index (χ2v) is 10.2. The molecule has 6 nitrogen and oxygen atoms in total. The van der Waals surface area contributed by atoms with E-state index in [0.29, 0.717) is 26.9 Å². The van der Waals surface area contributed by atoms with E-state index in [1.807, 2.05) is 30.3 Å². The summed E-state index contributed by atoms with van der Waals surface area (Å²) in [7, 11) is 0. The molecule has 0 atom stereocenters. The van der Waals surface area contributed by atoms with Gasteiger partial charge in [0.15, 0.2) is 5.84 Å². The quantitative estimate of drug-likeness (QED) is 0.448. The first-order valence-corrected chi connectivity index (χ1v) is 12.7. The van der Waals surface area contributed by atoms with Crippen molar-refractivity contribution in [2.24, 2.45) is 16.0 Å². The zero-order valence-corrected chi connectivity index (χ0v) is 20.6. The van der Waals surface area contributed by atoms with Gasteiger partial charge in [-0.15, -0.1) is 0 Å². The van der Waals surface area contributed by atoms with Crippen molar-refractivity contribution in [3.63, 3.8) is 0 Å². The first kappa shape index (κ1) is 23.1. The third-order valence-corrected chi connectivity index (χ3v) is 7.66. The molecule has 5 rings (SSSR count). The highest BCUT2D eigenvalue weighted by Gasteiger charge is 2.37. The maximum Gasteiger partial charge on any atom is 0.283 e. The summed E-state index contributed by atoms with van der Waals surface area (Å²) in [5, 5.41) is 17.3. The van der Waals surface area contributed by atoms with E-state index >= 15 is 0 Å². The third kappa shape index (κ3) is 4.92. The maximum atomic E-state index is 12.8. The summed E-state index contributed by atoms with van der Waals surface area (Å²) in [5.41, 5.74) is 1.75. The van der Waals surface area contributed by atoms with Crippen LogP contribution in [-0.4, -0.2) is 27.0 Å². The first-order chi connectivity index (χ1) is 16.5. The van der Waals surface area contributed by atoms with Crippen LogP contribution >= 0.6 is 35.0 Å². The lowest BCUT2D eigenvalue weighted by Crippen LogP contribution is -2.35. The predicted octanol–water partition coefficient (Wildman–Crippen LogP) is 6.77. The second kappa shape index (κ2) is 9.94. The van der Waals surface area contributed by atoms with Crippen LogP contribution in [0.5, 0.6) is 5.75 Å². The number of amides is 1. The van der Waals surface area contributed by atoms with Gasteiger partial charge >= 0.3 is 0 Å². The van der Waals surface area contributed by atoms with E-state index in [-0.39, 0.29) is 18.0 Å². The van der Waals surface area contributed by atoms with Gasteiger partial charge in [0.25, 0.3) is 5.91 Å². The molecule has 0 saturated heterocycles. The molecule has 1 fully saturated rings. The summed E-state index contributed by atoms with van der Waals surface area (Å²) in [4.78, 5) is 17.0. The zero-order chi connectivity index (χ0) is 23.7. The molecular formula is C25H22Cl2N4O2S. The summed E-state index contributed by atoms with van der Waals surface area (Å²) in [6, 6.07) is 12.6. The summed E-state index contributed by atoms with van der Waals surface area (Å²) in [5.74, 6) is 0.634. The maximum absolute atomic E-state index is 12.8. The van der Waals surface area contributed by atoms with Gasteiger partial charge in [0.05, 0.1) is 5.57 Å². The lowest BCUT2D eigenvalue weighted by atomic mass is 9.90. The van der Waals surface area contributed by atoms with Gasteiger partial charge in [-0.2, -0.15) is 15.1 Å². The number of aliphatic imine (C=N–C) groups is 1.